The SMILES string of the molecule is CCCC[C@H](CN(C)C)N(C)C. The summed E-state index contributed by atoms with van der Waals surface area (Å²) in [5.41, 5.74) is 0. The monoisotopic (exact) mass is 172 g/mol. The van der Waals surface area contributed by atoms with Gasteiger partial charge in [0.05, 0.1) is 0 Å². The third-order valence-electron chi connectivity index (χ3n) is 2.20. The number of hydrogen-bond acceptors (Lipinski definition) is 2. The van der Waals surface area contributed by atoms with Gasteiger partial charge in [0.15, 0.2) is 0 Å². The Bertz CT molecular complexity index is 100. The average molecular weight is 172 g/mol. The lowest BCUT2D eigenvalue weighted by Gasteiger charge is -2.27. The molecule has 0 bridgehead atoms. The molecule has 0 aromatic carbocycles. The first kappa shape index (κ1) is 11.9. The fourth-order valence-corrected chi connectivity index (χ4v) is 1.37. The number of likely N-dealkylation sites (N-methyl/N-ethyl adjacent to an activating group) is 2. The molecular weight excluding hydrogens is 148 g/mol. The van der Waals surface area contributed by atoms with E-state index in [1.165, 1.54) is 25.8 Å². The Balaban J connectivity index is 3.70. The van der Waals surface area contributed by atoms with Crippen LogP contribution in [-0.2, 0) is 0 Å². The van der Waals surface area contributed by atoms with Crippen LogP contribution in [0.5, 0.6) is 0 Å². The van der Waals surface area contributed by atoms with Crippen molar-refractivity contribution in [3.8, 4) is 0 Å². The second-order valence-electron chi connectivity index (χ2n) is 4.02. The quantitative estimate of drug-likeness (QED) is 0.601. The van der Waals surface area contributed by atoms with E-state index in [0.717, 1.165) is 6.04 Å². The minimum Gasteiger partial charge on any atom is -0.308 e. The molecule has 0 unspecified atom stereocenters. The van der Waals surface area contributed by atoms with Crippen molar-refractivity contribution in [3.05, 3.63) is 0 Å². The van der Waals surface area contributed by atoms with Crippen molar-refractivity contribution in [1.29, 1.82) is 0 Å². The van der Waals surface area contributed by atoms with Crippen LogP contribution in [0.15, 0.2) is 0 Å². The molecule has 2 nitrogen and oxygen atoms in total. The lowest BCUT2D eigenvalue weighted by molar-refractivity contribution is 0.214. The van der Waals surface area contributed by atoms with Crippen LogP contribution < -0.4 is 0 Å². The Morgan fingerprint density at radius 1 is 1.08 bits per heavy atom. The third kappa shape index (κ3) is 5.56. The highest BCUT2D eigenvalue weighted by molar-refractivity contribution is 4.68. The van der Waals surface area contributed by atoms with Gasteiger partial charge in [0, 0.05) is 12.6 Å². The van der Waals surface area contributed by atoms with Gasteiger partial charge >= 0.3 is 0 Å². The highest BCUT2D eigenvalue weighted by Crippen LogP contribution is 2.06. The van der Waals surface area contributed by atoms with Gasteiger partial charge in [0.2, 0.25) is 0 Å². The summed E-state index contributed by atoms with van der Waals surface area (Å²) in [6.45, 7) is 3.43. The van der Waals surface area contributed by atoms with E-state index < -0.39 is 0 Å². The summed E-state index contributed by atoms with van der Waals surface area (Å²) in [6, 6.07) is 0.722. The van der Waals surface area contributed by atoms with Crippen LogP contribution in [0.3, 0.4) is 0 Å². The molecular formula is C10H24N2. The Morgan fingerprint density at radius 3 is 2.00 bits per heavy atom. The van der Waals surface area contributed by atoms with Gasteiger partial charge in [0.25, 0.3) is 0 Å². The van der Waals surface area contributed by atoms with Crippen molar-refractivity contribution in [3.63, 3.8) is 0 Å². The second-order valence-corrected chi connectivity index (χ2v) is 4.02. The van der Waals surface area contributed by atoms with E-state index in [4.69, 9.17) is 0 Å². The van der Waals surface area contributed by atoms with Gasteiger partial charge in [-0.2, -0.15) is 0 Å². The Labute approximate surface area is 77.5 Å². The molecule has 0 fully saturated rings. The predicted octanol–water partition coefficient (Wildman–Crippen LogP) is 1.67. The maximum absolute atomic E-state index is 2.33. The standard InChI is InChI=1S/C10H24N2/c1-6-7-8-10(12(4)5)9-11(2)3/h10H,6-9H2,1-5H3/t10-/m1/s1. The van der Waals surface area contributed by atoms with Gasteiger partial charge in [-0.15, -0.1) is 0 Å². The van der Waals surface area contributed by atoms with E-state index in [0.29, 0.717) is 0 Å². The first-order valence-electron chi connectivity index (χ1n) is 4.89. The van der Waals surface area contributed by atoms with Crippen LogP contribution in [0.1, 0.15) is 26.2 Å². The van der Waals surface area contributed by atoms with Gasteiger partial charge in [-0.25, -0.2) is 0 Å². The second kappa shape index (κ2) is 6.44. The van der Waals surface area contributed by atoms with Crippen molar-refractivity contribution in [2.24, 2.45) is 0 Å². The van der Waals surface area contributed by atoms with E-state index in [1.807, 2.05) is 0 Å². The van der Waals surface area contributed by atoms with Crippen LogP contribution in [0.4, 0.5) is 0 Å². The van der Waals surface area contributed by atoms with Gasteiger partial charge < -0.3 is 9.80 Å². The van der Waals surface area contributed by atoms with Gasteiger partial charge in [-0.3, -0.25) is 0 Å². The number of rotatable bonds is 6. The molecule has 0 aromatic heterocycles. The lowest BCUT2D eigenvalue weighted by atomic mass is 10.1. The molecule has 2 heteroatoms. The molecule has 0 aliphatic rings. The summed E-state index contributed by atoms with van der Waals surface area (Å²) >= 11 is 0. The molecule has 1 atom stereocenters. The maximum Gasteiger partial charge on any atom is 0.0216 e. The number of nitrogens with zero attached hydrogens (tertiary/aromatic N) is 2. The molecule has 0 radical (unpaired) electrons. The van der Waals surface area contributed by atoms with E-state index in [-0.39, 0.29) is 0 Å². The molecule has 0 aromatic rings. The van der Waals surface area contributed by atoms with Gasteiger partial charge in [0.1, 0.15) is 0 Å². The van der Waals surface area contributed by atoms with E-state index >= 15 is 0 Å². The fourth-order valence-electron chi connectivity index (χ4n) is 1.37. The molecule has 0 amide bonds. The number of hydrogen-bond donors (Lipinski definition) is 0. The van der Waals surface area contributed by atoms with E-state index in [2.05, 4.69) is 44.9 Å². The van der Waals surface area contributed by atoms with Crippen molar-refractivity contribution in [2.45, 2.75) is 32.2 Å². The molecule has 0 aliphatic carbocycles. The van der Waals surface area contributed by atoms with E-state index in [9.17, 15) is 0 Å². The minimum absolute atomic E-state index is 0.722. The number of unbranched alkanes of at least 4 members (excludes halogenated alkanes) is 1. The zero-order valence-corrected chi connectivity index (χ0v) is 9.30. The lowest BCUT2D eigenvalue weighted by Crippen LogP contribution is -2.37. The van der Waals surface area contributed by atoms with Crippen LogP contribution in [-0.4, -0.2) is 50.6 Å². The molecule has 0 saturated heterocycles. The largest absolute Gasteiger partial charge is 0.308 e. The first-order chi connectivity index (χ1) is 5.57. The fraction of sp³-hybridized carbons (Fsp3) is 1.00. The molecule has 0 heterocycles. The molecule has 0 aliphatic heterocycles. The van der Waals surface area contributed by atoms with Crippen LogP contribution in [0, 0.1) is 0 Å². The molecule has 0 N–H and O–H groups in total. The summed E-state index contributed by atoms with van der Waals surface area (Å²) < 4.78 is 0. The van der Waals surface area contributed by atoms with Crippen LogP contribution in [0.25, 0.3) is 0 Å². The molecule has 12 heavy (non-hydrogen) atoms. The Morgan fingerprint density at radius 2 is 1.67 bits per heavy atom. The van der Waals surface area contributed by atoms with Crippen molar-refractivity contribution >= 4 is 0 Å². The van der Waals surface area contributed by atoms with Crippen LogP contribution in [0.2, 0.25) is 0 Å². The Hall–Kier alpha value is -0.0800. The molecule has 0 rings (SSSR count). The maximum atomic E-state index is 2.33. The van der Waals surface area contributed by atoms with E-state index in [1.54, 1.807) is 0 Å². The van der Waals surface area contributed by atoms with Gasteiger partial charge in [-0.1, -0.05) is 19.8 Å². The average Bonchev–Trinajstić information content (AvgIpc) is 1.96. The smallest absolute Gasteiger partial charge is 0.0216 e. The minimum atomic E-state index is 0.722. The first-order valence-corrected chi connectivity index (χ1v) is 4.89. The van der Waals surface area contributed by atoms with Crippen molar-refractivity contribution in [1.82, 2.24) is 9.80 Å². The zero-order chi connectivity index (χ0) is 9.56. The third-order valence-corrected chi connectivity index (χ3v) is 2.20. The summed E-state index contributed by atoms with van der Waals surface area (Å²) in [6.07, 6.45) is 3.97. The highest BCUT2D eigenvalue weighted by Gasteiger charge is 2.10. The van der Waals surface area contributed by atoms with Gasteiger partial charge in [-0.05, 0) is 34.6 Å². The molecule has 74 valence electrons. The highest BCUT2D eigenvalue weighted by atomic mass is 15.2. The summed E-state index contributed by atoms with van der Waals surface area (Å²) in [5, 5.41) is 0. The summed E-state index contributed by atoms with van der Waals surface area (Å²) in [7, 11) is 8.62. The van der Waals surface area contributed by atoms with Crippen molar-refractivity contribution < 1.29 is 0 Å². The molecule has 0 spiro atoms. The topological polar surface area (TPSA) is 6.48 Å². The summed E-state index contributed by atoms with van der Waals surface area (Å²) in [4.78, 5) is 4.59. The Kier molecular flexibility index (Phi) is 6.39. The normalized spacial score (nSPS) is 14.2. The van der Waals surface area contributed by atoms with Crippen molar-refractivity contribution in [2.75, 3.05) is 34.7 Å². The molecule has 0 saturated carbocycles. The predicted molar refractivity (Wildman–Crippen MR) is 55.6 cm³/mol. The zero-order valence-electron chi connectivity index (χ0n) is 9.30. The summed E-state index contributed by atoms with van der Waals surface area (Å²) in [5.74, 6) is 0. The van der Waals surface area contributed by atoms with Crippen LogP contribution >= 0.6 is 0 Å².